The molecular formula is C17H25NO3. The van der Waals surface area contributed by atoms with Crippen LogP contribution < -0.4 is 0 Å². The number of amides is 1. The average Bonchev–Trinajstić information content (AvgIpc) is 2.51. The number of benzene rings is 1. The molecule has 1 aromatic carbocycles. The average molecular weight is 291 g/mol. The quantitative estimate of drug-likeness (QED) is 0.748. The lowest BCUT2D eigenvalue weighted by Gasteiger charge is -2.34. The van der Waals surface area contributed by atoms with Gasteiger partial charge in [0.15, 0.2) is 0 Å². The maximum Gasteiger partial charge on any atom is 0.410 e. The van der Waals surface area contributed by atoms with Gasteiger partial charge >= 0.3 is 6.09 Å². The minimum atomic E-state index is -0.353. The van der Waals surface area contributed by atoms with E-state index >= 15 is 0 Å². The highest BCUT2D eigenvalue weighted by molar-refractivity contribution is 5.68. The maximum atomic E-state index is 12.3. The molecule has 0 spiro atoms. The standard InChI is InChI=1S/C17H25NO3/c1-4-9-16(14(3)13-19)18(17(20)21-5-2)12-15-10-7-6-8-11-15/h4,6-8,10-11,14,16,19H,1,5,9,12-13H2,2-3H3/t14-,16-/m0/s1. The Hall–Kier alpha value is -1.81. The number of ether oxygens (including phenoxy) is 1. The SMILES string of the molecule is C=CC[C@@H]([C@@H](C)CO)N(Cc1ccccc1)C(=O)OCC. The Kier molecular flexibility index (Phi) is 7.54. The lowest BCUT2D eigenvalue weighted by atomic mass is 9.97. The van der Waals surface area contributed by atoms with Crippen molar-refractivity contribution in [2.75, 3.05) is 13.2 Å². The van der Waals surface area contributed by atoms with E-state index in [-0.39, 0.29) is 24.7 Å². The molecule has 1 amide bonds. The summed E-state index contributed by atoms with van der Waals surface area (Å²) in [5.41, 5.74) is 1.03. The summed E-state index contributed by atoms with van der Waals surface area (Å²) in [5, 5.41) is 9.45. The minimum absolute atomic E-state index is 0.0171. The van der Waals surface area contributed by atoms with Crippen LogP contribution in [0.15, 0.2) is 43.0 Å². The highest BCUT2D eigenvalue weighted by Crippen LogP contribution is 2.19. The second-order valence-corrected chi connectivity index (χ2v) is 5.06. The smallest absolute Gasteiger partial charge is 0.410 e. The maximum absolute atomic E-state index is 12.3. The summed E-state index contributed by atoms with van der Waals surface area (Å²) in [6.07, 6.45) is 2.04. The van der Waals surface area contributed by atoms with Gasteiger partial charge in [-0.1, -0.05) is 43.3 Å². The molecule has 0 unspecified atom stereocenters. The van der Waals surface area contributed by atoms with E-state index in [4.69, 9.17) is 4.74 Å². The number of aliphatic hydroxyl groups is 1. The first-order valence-corrected chi connectivity index (χ1v) is 7.33. The molecule has 4 heteroatoms. The second-order valence-electron chi connectivity index (χ2n) is 5.06. The van der Waals surface area contributed by atoms with Gasteiger partial charge in [-0.15, -0.1) is 6.58 Å². The van der Waals surface area contributed by atoms with Crippen LogP contribution in [-0.4, -0.2) is 35.4 Å². The predicted molar refractivity (Wildman–Crippen MR) is 83.9 cm³/mol. The fourth-order valence-electron chi connectivity index (χ4n) is 2.26. The van der Waals surface area contributed by atoms with Crippen LogP contribution in [0.4, 0.5) is 4.79 Å². The van der Waals surface area contributed by atoms with Crippen molar-refractivity contribution in [2.45, 2.75) is 32.9 Å². The van der Waals surface area contributed by atoms with Crippen LogP contribution in [0.2, 0.25) is 0 Å². The van der Waals surface area contributed by atoms with Crippen LogP contribution in [0.25, 0.3) is 0 Å². The van der Waals surface area contributed by atoms with Crippen molar-refractivity contribution in [1.82, 2.24) is 4.90 Å². The van der Waals surface area contributed by atoms with Crippen LogP contribution in [0.1, 0.15) is 25.8 Å². The number of carbonyl (C=O) groups is 1. The Morgan fingerprint density at radius 1 is 1.43 bits per heavy atom. The topological polar surface area (TPSA) is 49.8 Å². The number of hydrogen-bond acceptors (Lipinski definition) is 3. The molecule has 0 fully saturated rings. The summed E-state index contributed by atoms with van der Waals surface area (Å²) in [5.74, 6) is -0.0453. The van der Waals surface area contributed by atoms with E-state index in [2.05, 4.69) is 6.58 Å². The molecule has 1 N–H and O–H groups in total. The summed E-state index contributed by atoms with van der Waals surface area (Å²) in [4.78, 5) is 14.0. The molecule has 0 saturated carbocycles. The van der Waals surface area contributed by atoms with Gasteiger partial charge in [-0.2, -0.15) is 0 Å². The van der Waals surface area contributed by atoms with E-state index in [1.165, 1.54) is 0 Å². The first-order valence-electron chi connectivity index (χ1n) is 7.33. The van der Waals surface area contributed by atoms with Crippen LogP contribution in [0.3, 0.4) is 0 Å². The van der Waals surface area contributed by atoms with Crippen LogP contribution in [-0.2, 0) is 11.3 Å². The molecule has 0 heterocycles. The molecule has 0 saturated heterocycles. The zero-order chi connectivity index (χ0) is 15.7. The fourth-order valence-corrected chi connectivity index (χ4v) is 2.26. The summed E-state index contributed by atoms with van der Waals surface area (Å²) >= 11 is 0. The molecule has 116 valence electrons. The van der Waals surface area contributed by atoms with E-state index < -0.39 is 0 Å². The molecule has 21 heavy (non-hydrogen) atoms. The van der Waals surface area contributed by atoms with Crippen molar-refractivity contribution in [2.24, 2.45) is 5.92 Å². The molecule has 0 aromatic heterocycles. The van der Waals surface area contributed by atoms with Crippen LogP contribution in [0.5, 0.6) is 0 Å². The van der Waals surface area contributed by atoms with Crippen molar-refractivity contribution in [3.63, 3.8) is 0 Å². The van der Waals surface area contributed by atoms with E-state index in [0.717, 1.165) is 5.56 Å². The van der Waals surface area contributed by atoms with Gasteiger partial charge in [0.1, 0.15) is 0 Å². The lowest BCUT2D eigenvalue weighted by Crippen LogP contribution is -2.44. The third kappa shape index (κ3) is 5.23. The first-order chi connectivity index (χ1) is 10.1. The van der Waals surface area contributed by atoms with Crippen molar-refractivity contribution < 1.29 is 14.6 Å². The van der Waals surface area contributed by atoms with Crippen LogP contribution >= 0.6 is 0 Å². The summed E-state index contributed by atoms with van der Waals surface area (Å²) in [6.45, 7) is 8.27. The first kappa shape index (κ1) is 17.2. The van der Waals surface area contributed by atoms with E-state index in [9.17, 15) is 9.90 Å². The zero-order valence-electron chi connectivity index (χ0n) is 12.9. The number of aliphatic hydroxyl groups excluding tert-OH is 1. The molecule has 1 rings (SSSR count). The number of rotatable bonds is 8. The molecule has 1 aromatic rings. The van der Waals surface area contributed by atoms with Crippen molar-refractivity contribution in [3.05, 3.63) is 48.6 Å². The number of carbonyl (C=O) groups excluding carboxylic acids is 1. The molecule has 0 aliphatic heterocycles. The fraction of sp³-hybridized carbons (Fsp3) is 0.471. The van der Waals surface area contributed by atoms with Crippen molar-refractivity contribution in [3.8, 4) is 0 Å². The molecule has 0 radical (unpaired) electrons. The van der Waals surface area contributed by atoms with E-state index in [1.54, 1.807) is 17.9 Å². The Labute approximate surface area is 127 Å². The molecular weight excluding hydrogens is 266 g/mol. The normalized spacial score (nSPS) is 13.3. The summed E-state index contributed by atoms with van der Waals surface area (Å²) < 4.78 is 5.17. The Morgan fingerprint density at radius 2 is 2.10 bits per heavy atom. The van der Waals surface area contributed by atoms with Gasteiger partial charge in [-0.05, 0) is 18.9 Å². The van der Waals surface area contributed by atoms with Gasteiger partial charge in [0.2, 0.25) is 0 Å². The molecule has 4 nitrogen and oxygen atoms in total. The van der Waals surface area contributed by atoms with Gasteiger partial charge in [-0.3, -0.25) is 0 Å². The monoisotopic (exact) mass is 291 g/mol. The molecule has 0 bridgehead atoms. The zero-order valence-corrected chi connectivity index (χ0v) is 12.9. The van der Waals surface area contributed by atoms with Gasteiger partial charge in [0.05, 0.1) is 6.61 Å². The molecule has 2 atom stereocenters. The largest absolute Gasteiger partial charge is 0.450 e. The highest BCUT2D eigenvalue weighted by Gasteiger charge is 2.28. The molecule has 0 aliphatic rings. The van der Waals surface area contributed by atoms with Gasteiger partial charge in [0, 0.05) is 25.1 Å². The third-order valence-corrected chi connectivity index (χ3v) is 3.45. The summed E-state index contributed by atoms with van der Waals surface area (Å²) in [7, 11) is 0. The number of hydrogen-bond donors (Lipinski definition) is 1. The van der Waals surface area contributed by atoms with Crippen molar-refractivity contribution in [1.29, 1.82) is 0 Å². The Balaban J connectivity index is 2.98. The van der Waals surface area contributed by atoms with Crippen molar-refractivity contribution >= 4 is 6.09 Å². The Bertz CT molecular complexity index is 433. The predicted octanol–water partition coefficient (Wildman–Crippen LogP) is 3.22. The van der Waals surface area contributed by atoms with Crippen LogP contribution in [0, 0.1) is 5.92 Å². The Morgan fingerprint density at radius 3 is 2.62 bits per heavy atom. The van der Waals surface area contributed by atoms with Gasteiger partial charge in [0.25, 0.3) is 0 Å². The lowest BCUT2D eigenvalue weighted by molar-refractivity contribution is 0.0625. The van der Waals surface area contributed by atoms with E-state index in [0.29, 0.717) is 19.6 Å². The third-order valence-electron chi connectivity index (χ3n) is 3.45. The summed E-state index contributed by atoms with van der Waals surface area (Å²) in [6, 6.07) is 9.64. The number of nitrogens with zero attached hydrogens (tertiary/aromatic N) is 1. The van der Waals surface area contributed by atoms with Gasteiger partial charge in [-0.25, -0.2) is 4.79 Å². The highest BCUT2D eigenvalue weighted by atomic mass is 16.6. The van der Waals surface area contributed by atoms with E-state index in [1.807, 2.05) is 37.3 Å². The van der Waals surface area contributed by atoms with Gasteiger partial charge < -0.3 is 14.7 Å². The minimum Gasteiger partial charge on any atom is -0.450 e. The second kappa shape index (κ2) is 9.19. The molecule has 0 aliphatic carbocycles.